The summed E-state index contributed by atoms with van der Waals surface area (Å²) in [6, 6.07) is 6.46. The van der Waals surface area contributed by atoms with Crippen LogP contribution in [-0.2, 0) is 10.6 Å². The van der Waals surface area contributed by atoms with E-state index in [1.54, 1.807) is 0 Å². The monoisotopic (exact) mass is 253 g/mol. The van der Waals surface area contributed by atoms with Gasteiger partial charge in [0.25, 0.3) is 0 Å². The topological polar surface area (TPSA) is 12.5 Å². The van der Waals surface area contributed by atoms with Gasteiger partial charge in [0, 0.05) is 24.7 Å². The fourth-order valence-corrected chi connectivity index (χ4v) is 2.70. The molecule has 3 heteroatoms. The molecule has 0 aliphatic carbocycles. The Morgan fingerprint density at radius 2 is 1.94 bits per heavy atom. The van der Waals surface area contributed by atoms with Gasteiger partial charge >= 0.3 is 0 Å². The molecule has 0 amide bonds. The molecule has 1 aromatic rings. The predicted molar refractivity (Wildman–Crippen MR) is 73.0 cm³/mol. The molecule has 2 atom stereocenters. The van der Waals surface area contributed by atoms with Crippen molar-refractivity contribution in [2.45, 2.75) is 38.9 Å². The predicted octanol–water partition coefficient (Wildman–Crippen LogP) is 3.35. The summed E-state index contributed by atoms with van der Waals surface area (Å²) in [6.45, 7) is 8.34. The molecule has 1 aromatic carbocycles. The van der Waals surface area contributed by atoms with Crippen LogP contribution in [0.2, 0.25) is 0 Å². The molecule has 2 rings (SSSR count). The van der Waals surface area contributed by atoms with Gasteiger partial charge in [-0.2, -0.15) is 0 Å². The number of hydrogen-bond acceptors (Lipinski definition) is 2. The van der Waals surface area contributed by atoms with Crippen molar-refractivity contribution in [3.8, 4) is 0 Å². The van der Waals surface area contributed by atoms with Crippen molar-refractivity contribution in [1.82, 2.24) is 0 Å². The lowest BCUT2D eigenvalue weighted by Crippen LogP contribution is -2.45. The molecule has 17 heavy (non-hydrogen) atoms. The number of aryl methyl sites for hydroxylation is 1. The zero-order valence-electron chi connectivity index (χ0n) is 10.7. The molecule has 2 nitrogen and oxygen atoms in total. The molecule has 0 saturated carbocycles. The van der Waals surface area contributed by atoms with Crippen LogP contribution in [0, 0.1) is 6.92 Å². The molecule has 1 aliphatic heterocycles. The van der Waals surface area contributed by atoms with E-state index in [1.165, 1.54) is 16.8 Å². The summed E-state index contributed by atoms with van der Waals surface area (Å²) in [5.74, 6) is 0.580. The van der Waals surface area contributed by atoms with E-state index >= 15 is 0 Å². The number of ether oxygens (including phenoxy) is 1. The van der Waals surface area contributed by atoms with Gasteiger partial charge < -0.3 is 9.64 Å². The summed E-state index contributed by atoms with van der Waals surface area (Å²) in [5, 5.41) is 0. The molecule has 1 heterocycles. The minimum atomic E-state index is 0.297. The fraction of sp³-hybridized carbons (Fsp3) is 0.571. The van der Waals surface area contributed by atoms with E-state index < -0.39 is 0 Å². The highest BCUT2D eigenvalue weighted by atomic mass is 35.5. The zero-order chi connectivity index (χ0) is 12.4. The van der Waals surface area contributed by atoms with Gasteiger partial charge in [-0.05, 0) is 38.0 Å². The van der Waals surface area contributed by atoms with Crippen LogP contribution in [0.1, 0.15) is 25.0 Å². The third-order valence-electron chi connectivity index (χ3n) is 3.18. The largest absolute Gasteiger partial charge is 0.372 e. The Morgan fingerprint density at radius 3 is 2.47 bits per heavy atom. The van der Waals surface area contributed by atoms with E-state index in [1.807, 2.05) is 0 Å². The van der Waals surface area contributed by atoms with Crippen LogP contribution < -0.4 is 4.90 Å². The number of rotatable bonds is 2. The van der Waals surface area contributed by atoms with Crippen LogP contribution in [0.3, 0.4) is 0 Å². The Bertz CT molecular complexity index is 384. The van der Waals surface area contributed by atoms with Gasteiger partial charge in [0.05, 0.1) is 12.2 Å². The summed E-state index contributed by atoms with van der Waals surface area (Å²) >= 11 is 5.85. The first-order valence-electron chi connectivity index (χ1n) is 6.16. The van der Waals surface area contributed by atoms with Crippen molar-refractivity contribution in [3.05, 3.63) is 29.3 Å². The summed E-state index contributed by atoms with van der Waals surface area (Å²) in [5.41, 5.74) is 3.78. The number of anilines is 1. The van der Waals surface area contributed by atoms with Crippen LogP contribution in [0.15, 0.2) is 18.2 Å². The average molecular weight is 254 g/mol. The van der Waals surface area contributed by atoms with Crippen molar-refractivity contribution < 1.29 is 4.74 Å². The Balaban J connectivity index is 2.21. The summed E-state index contributed by atoms with van der Waals surface area (Å²) < 4.78 is 5.76. The van der Waals surface area contributed by atoms with E-state index in [2.05, 4.69) is 43.9 Å². The van der Waals surface area contributed by atoms with Gasteiger partial charge in [0.15, 0.2) is 0 Å². The van der Waals surface area contributed by atoms with Crippen LogP contribution >= 0.6 is 11.6 Å². The molecular formula is C14H20ClNO. The van der Waals surface area contributed by atoms with Gasteiger partial charge in [0.1, 0.15) is 0 Å². The van der Waals surface area contributed by atoms with Crippen molar-refractivity contribution in [3.63, 3.8) is 0 Å². The maximum atomic E-state index is 5.85. The maximum Gasteiger partial charge on any atom is 0.0726 e. The smallest absolute Gasteiger partial charge is 0.0726 e. The van der Waals surface area contributed by atoms with E-state index in [-0.39, 0.29) is 0 Å². The van der Waals surface area contributed by atoms with E-state index in [4.69, 9.17) is 16.3 Å². The lowest BCUT2D eigenvalue weighted by Gasteiger charge is -2.37. The lowest BCUT2D eigenvalue weighted by atomic mass is 10.1. The summed E-state index contributed by atoms with van der Waals surface area (Å²) in [6.07, 6.45) is 0.594. The fourth-order valence-electron chi connectivity index (χ4n) is 2.53. The Morgan fingerprint density at radius 1 is 1.29 bits per heavy atom. The van der Waals surface area contributed by atoms with Gasteiger partial charge in [-0.25, -0.2) is 0 Å². The second-order valence-corrected chi connectivity index (χ2v) is 5.18. The van der Waals surface area contributed by atoms with Crippen molar-refractivity contribution in [2.24, 2.45) is 0 Å². The SMILES string of the molecule is Cc1cc(CCl)ccc1N1C[C@@H](C)O[C@@H](C)C1. The van der Waals surface area contributed by atoms with Crippen LogP contribution in [-0.4, -0.2) is 25.3 Å². The quantitative estimate of drug-likeness (QED) is 0.750. The van der Waals surface area contributed by atoms with E-state index in [9.17, 15) is 0 Å². The van der Waals surface area contributed by atoms with Gasteiger partial charge in [-0.3, -0.25) is 0 Å². The number of alkyl halides is 1. The number of halogens is 1. The number of nitrogens with zero attached hydrogens (tertiary/aromatic N) is 1. The standard InChI is InChI=1S/C14H20ClNO/c1-10-6-13(7-15)4-5-14(10)16-8-11(2)17-12(3)9-16/h4-6,11-12H,7-9H2,1-3H3/t11-,12+. The molecule has 1 saturated heterocycles. The highest BCUT2D eigenvalue weighted by Crippen LogP contribution is 2.25. The minimum Gasteiger partial charge on any atom is -0.372 e. The molecule has 0 unspecified atom stereocenters. The Kier molecular flexibility index (Phi) is 3.95. The third-order valence-corrected chi connectivity index (χ3v) is 3.48. The molecular weight excluding hydrogens is 234 g/mol. The van der Waals surface area contributed by atoms with Crippen LogP contribution in [0.25, 0.3) is 0 Å². The van der Waals surface area contributed by atoms with Gasteiger partial charge in [0.2, 0.25) is 0 Å². The number of hydrogen-bond donors (Lipinski definition) is 0. The summed E-state index contributed by atoms with van der Waals surface area (Å²) in [7, 11) is 0. The van der Waals surface area contributed by atoms with E-state index in [0.29, 0.717) is 18.1 Å². The second-order valence-electron chi connectivity index (χ2n) is 4.92. The molecule has 94 valence electrons. The molecule has 0 spiro atoms. The first-order valence-corrected chi connectivity index (χ1v) is 6.69. The lowest BCUT2D eigenvalue weighted by molar-refractivity contribution is -0.00524. The second kappa shape index (κ2) is 5.28. The first kappa shape index (κ1) is 12.7. The first-order chi connectivity index (χ1) is 8.10. The van der Waals surface area contributed by atoms with E-state index in [0.717, 1.165) is 13.1 Å². The number of morpholine rings is 1. The number of benzene rings is 1. The highest BCUT2D eigenvalue weighted by molar-refractivity contribution is 6.17. The third kappa shape index (κ3) is 2.93. The molecule has 0 radical (unpaired) electrons. The Labute approximate surface area is 109 Å². The molecule has 0 aromatic heterocycles. The maximum absolute atomic E-state index is 5.85. The average Bonchev–Trinajstić information content (AvgIpc) is 2.27. The van der Waals surface area contributed by atoms with Crippen molar-refractivity contribution in [1.29, 1.82) is 0 Å². The van der Waals surface area contributed by atoms with Crippen LogP contribution in [0.4, 0.5) is 5.69 Å². The van der Waals surface area contributed by atoms with Gasteiger partial charge in [-0.1, -0.05) is 12.1 Å². The van der Waals surface area contributed by atoms with Crippen molar-refractivity contribution >= 4 is 17.3 Å². The summed E-state index contributed by atoms with van der Waals surface area (Å²) in [4.78, 5) is 2.41. The van der Waals surface area contributed by atoms with Crippen molar-refractivity contribution in [2.75, 3.05) is 18.0 Å². The van der Waals surface area contributed by atoms with Crippen LogP contribution in [0.5, 0.6) is 0 Å². The normalized spacial score (nSPS) is 25.1. The molecule has 0 N–H and O–H groups in total. The Hall–Kier alpha value is -0.730. The zero-order valence-corrected chi connectivity index (χ0v) is 11.5. The molecule has 1 fully saturated rings. The molecule has 1 aliphatic rings. The van der Waals surface area contributed by atoms with Gasteiger partial charge in [-0.15, -0.1) is 11.6 Å². The highest BCUT2D eigenvalue weighted by Gasteiger charge is 2.23. The molecule has 0 bridgehead atoms. The minimum absolute atomic E-state index is 0.297.